The molecule has 2 aromatic rings. The molecule has 0 aliphatic rings. The van der Waals surface area contributed by atoms with Gasteiger partial charge in [0.05, 0.1) is 11.1 Å². The average molecular weight is 317 g/mol. The Morgan fingerprint density at radius 3 is 2.00 bits per heavy atom. The van der Waals surface area contributed by atoms with Crippen LogP contribution in [0.1, 0.15) is 11.1 Å². The maximum absolute atomic E-state index is 13.6. The molecular formula is C14H11ClF2O4. The van der Waals surface area contributed by atoms with Crippen molar-refractivity contribution in [3.8, 4) is 11.1 Å². The molecule has 21 heavy (non-hydrogen) atoms. The normalized spacial score (nSPS) is 12.5. The minimum absolute atomic E-state index is 0.146. The van der Waals surface area contributed by atoms with Gasteiger partial charge in [-0.1, -0.05) is 41.9 Å². The van der Waals surface area contributed by atoms with Crippen LogP contribution in [-0.2, 0) is 12.1 Å². The molecule has 112 valence electrons. The van der Waals surface area contributed by atoms with E-state index in [9.17, 15) is 19.0 Å². The van der Waals surface area contributed by atoms with Crippen molar-refractivity contribution in [3.05, 3.63) is 58.6 Å². The van der Waals surface area contributed by atoms with Gasteiger partial charge in [0.25, 0.3) is 0 Å². The second-order valence-corrected chi connectivity index (χ2v) is 4.85. The summed E-state index contributed by atoms with van der Waals surface area (Å²) in [5.41, 5.74) is -1.94. The third kappa shape index (κ3) is 3.37. The fraction of sp³-hybridized carbons (Fsp3) is 0.143. The molecule has 0 aliphatic carbocycles. The monoisotopic (exact) mass is 316 g/mol. The fourth-order valence-corrected chi connectivity index (χ4v) is 2.25. The Labute approximate surface area is 123 Å². The van der Waals surface area contributed by atoms with Crippen LogP contribution in [0.5, 0.6) is 0 Å². The number of hydrogen-bond donors (Lipinski definition) is 4. The van der Waals surface area contributed by atoms with Gasteiger partial charge in [-0.25, -0.2) is 0 Å². The lowest BCUT2D eigenvalue weighted by Crippen LogP contribution is -2.28. The average Bonchev–Trinajstić information content (AvgIpc) is 2.36. The molecule has 0 saturated carbocycles. The van der Waals surface area contributed by atoms with Gasteiger partial charge < -0.3 is 20.4 Å². The van der Waals surface area contributed by atoms with Gasteiger partial charge in [-0.05, 0) is 23.3 Å². The highest BCUT2D eigenvalue weighted by Gasteiger charge is 2.39. The summed E-state index contributed by atoms with van der Waals surface area (Å²) in [6.07, 6.45) is 0. The van der Waals surface area contributed by atoms with E-state index in [4.69, 9.17) is 21.8 Å². The van der Waals surface area contributed by atoms with Crippen LogP contribution >= 0.6 is 11.6 Å². The van der Waals surface area contributed by atoms with Gasteiger partial charge in [-0.2, -0.15) is 8.78 Å². The number of alkyl halides is 2. The summed E-state index contributed by atoms with van der Waals surface area (Å²) in [4.78, 5) is 0. The molecule has 4 N–H and O–H groups in total. The second-order valence-electron chi connectivity index (χ2n) is 4.41. The highest BCUT2D eigenvalue weighted by Crippen LogP contribution is 2.38. The number of benzene rings is 2. The molecule has 7 heteroatoms. The van der Waals surface area contributed by atoms with Crippen LogP contribution in [0, 0.1) is 0 Å². The van der Waals surface area contributed by atoms with Gasteiger partial charge in [-0.15, -0.1) is 0 Å². The first-order chi connectivity index (χ1) is 9.60. The van der Waals surface area contributed by atoms with Gasteiger partial charge in [0.2, 0.25) is 0 Å². The first-order valence-corrected chi connectivity index (χ1v) is 6.15. The molecule has 0 spiro atoms. The van der Waals surface area contributed by atoms with E-state index >= 15 is 0 Å². The highest BCUT2D eigenvalue weighted by atomic mass is 35.5. The van der Waals surface area contributed by atoms with E-state index in [1.165, 1.54) is 36.4 Å². The molecule has 0 atom stereocenters. The van der Waals surface area contributed by atoms with Crippen molar-refractivity contribution >= 4 is 11.6 Å². The number of aliphatic hydroxyl groups is 4. The van der Waals surface area contributed by atoms with E-state index in [1.807, 2.05) is 0 Å². The summed E-state index contributed by atoms with van der Waals surface area (Å²) in [6, 6.07) is 1.28. The van der Waals surface area contributed by atoms with Crippen LogP contribution in [0.4, 0.5) is 8.78 Å². The first kappa shape index (κ1) is 15.8. The number of halogens is 3. The van der Waals surface area contributed by atoms with Gasteiger partial charge in [0.15, 0.2) is 0 Å². The van der Waals surface area contributed by atoms with Crippen LogP contribution in [0.25, 0.3) is 11.1 Å². The third-order valence-electron chi connectivity index (χ3n) is 2.86. The van der Waals surface area contributed by atoms with Crippen molar-refractivity contribution in [1.29, 1.82) is 0 Å². The molecule has 2 rings (SSSR count). The van der Waals surface area contributed by atoms with Crippen molar-refractivity contribution in [1.82, 2.24) is 0 Å². The summed E-state index contributed by atoms with van der Waals surface area (Å²) < 4.78 is 27.0. The van der Waals surface area contributed by atoms with Crippen molar-refractivity contribution in [2.45, 2.75) is 12.1 Å². The molecule has 0 radical (unpaired) electrons. The fourth-order valence-electron chi connectivity index (χ4n) is 2.06. The van der Waals surface area contributed by atoms with Crippen molar-refractivity contribution in [3.63, 3.8) is 0 Å². The third-order valence-corrected chi connectivity index (χ3v) is 3.10. The predicted octanol–water partition coefficient (Wildman–Crippen LogP) is 2.14. The molecule has 4 nitrogen and oxygen atoms in total. The van der Waals surface area contributed by atoms with Gasteiger partial charge in [0, 0.05) is 5.02 Å². The Morgan fingerprint density at radius 2 is 1.48 bits per heavy atom. The van der Waals surface area contributed by atoms with E-state index in [-0.39, 0.29) is 16.1 Å². The molecule has 0 unspecified atom stereocenters. The van der Waals surface area contributed by atoms with Crippen LogP contribution in [0.2, 0.25) is 5.02 Å². The van der Waals surface area contributed by atoms with E-state index < -0.39 is 23.2 Å². The van der Waals surface area contributed by atoms with Gasteiger partial charge in [-0.3, -0.25) is 0 Å². The van der Waals surface area contributed by atoms with Crippen LogP contribution in [0.15, 0.2) is 42.5 Å². The summed E-state index contributed by atoms with van der Waals surface area (Å²) in [6.45, 7) is 0. The highest BCUT2D eigenvalue weighted by molar-refractivity contribution is 6.30. The Bertz CT molecular complexity index is 663. The molecule has 0 amide bonds. The molecular weight excluding hydrogens is 306 g/mol. The zero-order valence-electron chi connectivity index (χ0n) is 10.5. The van der Waals surface area contributed by atoms with E-state index in [1.54, 1.807) is 0 Å². The van der Waals surface area contributed by atoms with Crippen LogP contribution in [0.3, 0.4) is 0 Å². The quantitative estimate of drug-likeness (QED) is 0.654. The van der Waals surface area contributed by atoms with Gasteiger partial charge >= 0.3 is 12.1 Å². The van der Waals surface area contributed by atoms with Crippen LogP contribution in [-0.4, -0.2) is 20.4 Å². The maximum atomic E-state index is 13.6. The Kier molecular flexibility index (Phi) is 4.01. The Balaban J connectivity index is 2.78. The molecule has 2 aromatic carbocycles. The number of hydrogen-bond acceptors (Lipinski definition) is 4. The number of rotatable bonds is 3. The van der Waals surface area contributed by atoms with Crippen molar-refractivity contribution in [2.75, 3.05) is 0 Å². The standard InChI is InChI=1S/C14H11ClF2O4/c15-9-4-1-3-8(7-9)10-5-2-6-11(13(16,18)19)12(10)14(17,20)21/h1-7,18-21H. The molecule has 0 heterocycles. The predicted molar refractivity (Wildman–Crippen MR) is 71.3 cm³/mol. The minimum atomic E-state index is -3.98. The molecule has 0 bridgehead atoms. The zero-order chi connectivity index (χ0) is 15.8. The topological polar surface area (TPSA) is 80.9 Å². The summed E-state index contributed by atoms with van der Waals surface area (Å²) in [7, 11) is 0. The van der Waals surface area contributed by atoms with Crippen molar-refractivity contribution in [2.24, 2.45) is 0 Å². The minimum Gasteiger partial charge on any atom is -0.336 e. The second kappa shape index (κ2) is 5.32. The lowest BCUT2D eigenvalue weighted by Gasteiger charge is -2.23. The molecule has 0 aromatic heterocycles. The SMILES string of the molecule is OC(O)(F)c1cccc(-c2cccc(Cl)c2)c1C(O)(O)F. The van der Waals surface area contributed by atoms with E-state index in [0.717, 1.165) is 6.07 Å². The lowest BCUT2D eigenvalue weighted by atomic mass is 9.93. The molecule has 0 saturated heterocycles. The Hall–Kier alpha value is -1.57. The molecule has 0 fully saturated rings. The largest absolute Gasteiger partial charge is 0.344 e. The van der Waals surface area contributed by atoms with Crippen LogP contribution < -0.4 is 0 Å². The summed E-state index contributed by atoms with van der Waals surface area (Å²) >= 11 is 5.80. The molecule has 0 aliphatic heterocycles. The van der Waals surface area contributed by atoms with E-state index in [0.29, 0.717) is 0 Å². The van der Waals surface area contributed by atoms with Gasteiger partial charge in [0.1, 0.15) is 0 Å². The van der Waals surface area contributed by atoms with E-state index in [2.05, 4.69) is 0 Å². The Morgan fingerprint density at radius 1 is 0.857 bits per heavy atom. The smallest absolute Gasteiger partial charge is 0.336 e. The zero-order valence-corrected chi connectivity index (χ0v) is 11.2. The lowest BCUT2D eigenvalue weighted by molar-refractivity contribution is -0.290. The van der Waals surface area contributed by atoms with Crippen molar-refractivity contribution < 1.29 is 29.2 Å². The summed E-state index contributed by atoms with van der Waals surface area (Å²) in [5, 5.41) is 36.8. The maximum Gasteiger partial charge on any atom is 0.344 e. The first-order valence-electron chi connectivity index (χ1n) is 5.78. The summed E-state index contributed by atoms with van der Waals surface area (Å²) in [5.74, 6) is 0.